The van der Waals surface area contributed by atoms with Crippen LogP contribution in [0.4, 0.5) is 4.39 Å². The van der Waals surface area contributed by atoms with E-state index in [9.17, 15) is 9.18 Å². The topological polar surface area (TPSA) is 43.1 Å². The molecule has 0 saturated heterocycles. The zero-order chi connectivity index (χ0) is 12.3. The molecule has 2 rings (SSSR count). The third-order valence-electron chi connectivity index (χ3n) is 2.55. The van der Waals surface area contributed by atoms with Crippen LogP contribution in [-0.4, -0.2) is 12.3 Å². The minimum Gasteiger partial charge on any atom is -0.324 e. The number of benzene rings is 2. The van der Waals surface area contributed by atoms with Gasteiger partial charge in [0.25, 0.3) is 0 Å². The average Bonchev–Trinajstić information content (AvgIpc) is 2.38. The molecule has 0 aliphatic heterocycles. The summed E-state index contributed by atoms with van der Waals surface area (Å²) >= 11 is 0. The van der Waals surface area contributed by atoms with E-state index in [1.807, 2.05) is 6.07 Å². The third kappa shape index (κ3) is 2.57. The number of rotatable bonds is 3. The molecule has 0 saturated carbocycles. The highest BCUT2D eigenvalue weighted by molar-refractivity contribution is 5.97. The minimum absolute atomic E-state index is 0.000683. The number of carbonyl (C=O) groups is 1. The molecule has 86 valence electrons. The highest BCUT2D eigenvalue weighted by Gasteiger charge is 2.04. The molecule has 3 heteroatoms. The Morgan fingerprint density at radius 1 is 1.06 bits per heavy atom. The van der Waals surface area contributed by atoms with Crippen LogP contribution in [0.1, 0.15) is 10.4 Å². The SMILES string of the molecule is NCC(=O)c1ccc(-c2cccc(F)c2)cc1. The van der Waals surface area contributed by atoms with Crippen molar-refractivity contribution >= 4 is 5.78 Å². The maximum absolute atomic E-state index is 13.0. The Kier molecular flexibility index (Phi) is 3.30. The van der Waals surface area contributed by atoms with Crippen molar-refractivity contribution in [2.24, 2.45) is 5.73 Å². The van der Waals surface area contributed by atoms with Crippen LogP contribution < -0.4 is 5.73 Å². The van der Waals surface area contributed by atoms with E-state index in [4.69, 9.17) is 5.73 Å². The number of ketones is 1. The van der Waals surface area contributed by atoms with E-state index in [0.29, 0.717) is 5.56 Å². The molecular weight excluding hydrogens is 217 g/mol. The Morgan fingerprint density at radius 3 is 2.35 bits per heavy atom. The zero-order valence-corrected chi connectivity index (χ0v) is 9.19. The summed E-state index contributed by atoms with van der Waals surface area (Å²) in [4.78, 5) is 11.3. The van der Waals surface area contributed by atoms with E-state index < -0.39 is 0 Å². The Labute approximate surface area is 98.9 Å². The van der Waals surface area contributed by atoms with Crippen molar-refractivity contribution < 1.29 is 9.18 Å². The van der Waals surface area contributed by atoms with Gasteiger partial charge in [0.1, 0.15) is 5.82 Å². The summed E-state index contributed by atoms with van der Waals surface area (Å²) in [7, 11) is 0. The predicted octanol–water partition coefficient (Wildman–Crippen LogP) is 2.63. The van der Waals surface area contributed by atoms with Gasteiger partial charge < -0.3 is 5.73 Å². The summed E-state index contributed by atoms with van der Waals surface area (Å²) in [5.41, 5.74) is 7.51. The quantitative estimate of drug-likeness (QED) is 0.822. The average molecular weight is 229 g/mol. The molecule has 0 fully saturated rings. The molecule has 17 heavy (non-hydrogen) atoms. The van der Waals surface area contributed by atoms with Crippen molar-refractivity contribution in [3.63, 3.8) is 0 Å². The van der Waals surface area contributed by atoms with Crippen LogP contribution in [0, 0.1) is 5.82 Å². The summed E-state index contributed by atoms with van der Waals surface area (Å²) in [6.45, 7) is -0.000683. The molecule has 0 heterocycles. The molecule has 0 amide bonds. The Hall–Kier alpha value is -2.00. The van der Waals surface area contributed by atoms with Gasteiger partial charge >= 0.3 is 0 Å². The molecule has 0 aliphatic rings. The van der Waals surface area contributed by atoms with Crippen LogP contribution in [0.2, 0.25) is 0 Å². The predicted molar refractivity (Wildman–Crippen MR) is 65.2 cm³/mol. The van der Waals surface area contributed by atoms with Crippen molar-refractivity contribution in [1.82, 2.24) is 0 Å². The molecule has 2 nitrogen and oxygen atoms in total. The Morgan fingerprint density at radius 2 is 1.76 bits per heavy atom. The van der Waals surface area contributed by atoms with E-state index in [2.05, 4.69) is 0 Å². The lowest BCUT2D eigenvalue weighted by Crippen LogP contribution is -2.13. The van der Waals surface area contributed by atoms with Crippen molar-refractivity contribution in [1.29, 1.82) is 0 Å². The van der Waals surface area contributed by atoms with Gasteiger partial charge in [-0.25, -0.2) is 4.39 Å². The van der Waals surface area contributed by atoms with Crippen molar-refractivity contribution in [2.75, 3.05) is 6.54 Å². The normalized spacial score (nSPS) is 10.2. The van der Waals surface area contributed by atoms with Crippen LogP contribution in [0.15, 0.2) is 48.5 Å². The lowest BCUT2D eigenvalue weighted by Gasteiger charge is -2.03. The molecule has 0 spiro atoms. The fourth-order valence-corrected chi connectivity index (χ4v) is 1.63. The zero-order valence-electron chi connectivity index (χ0n) is 9.19. The van der Waals surface area contributed by atoms with Gasteiger partial charge in [0.2, 0.25) is 0 Å². The first-order chi connectivity index (χ1) is 8.20. The molecule has 0 aromatic heterocycles. The smallest absolute Gasteiger partial charge is 0.176 e. The van der Waals surface area contributed by atoms with Gasteiger partial charge in [-0.05, 0) is 23.3 Å². The number of halogens is 1. The summed E-state index contributed by atoms with van der Waals surface area (Å²) in [6.07, 6.45) is 0. The maximum Gasteiger partial charge on any atom is 0.176 e. The summed E-state index contributed by atoms with van der Waals surface area (Å²) in [5, 5.41) is 0. The Bertz CT molecular complexity index is 534. The van der Waals surface area contributed by atoms with E-state index in [0.717, 1.165) is 11.1 Å². The van der Waals surface area contributed by atoms with Crippen LogP contribution in [0.3, 0.4) is 0 Å². The molecule has 0 unspecified atom stereocenters. The van der Waals surface area contributed by atoms with E-state index in [-0.39, 0.29) is 18.1 Å². The number of carbonyl (C=O) groups excluding carboxylic acids is 1. The monoisotopic (exact) mass is 229 g/mol. The summed E-state index contributed by atoms with van der Waals surface area (Å²) < 4.78 is 13.0. The highest BCUT2D eigenvalue weighted by Crippen LogP contribution is 2.20. The summed E-state index contributed by atoms with van der Waals surface area (Å²) in [6, 6.07) is 13.3. The molecule has 0 atom stereocenters. The van der Waals surface area contributed by atoms with Crippen LogP contribution >= 0.6 is 0 Å². The van der Waals surface area contributed by atoms with Gasteiger partial charge in [-0.15, -0.1) is 0 Å². The van der Waals surface area contributed by atoms with Crippen LogP contribution in [-0.2, 0) is 0 Å². The van der Waals surface area contributed by atoms with E-state index in [1.54, 1.807) is 30.3 Å². The first-order valence-electron chi connectivity index (χ1n) is 5.30. The second kappa shape index (κ2) is 4.89. The fourth-order valence-electron chi connectivity index (χ4n) is 1.63. The summed E-state index contributed by atoms with van der Waals surface area (Å²) in [5.74, 6) is -0.375. The minimum atomic E-state index is -0.274. The lowest BCUT2D eigenvalue weighted by atomic mass is 10.0. The second-order valence-corrected chi connectivity index (χ2v) is 3.71. The van der Waals surface area contributed by atoms with Gasteiger partial charge in [0, 0.05) is 5.56 Å². The molecule has 2 aromatic carbocycles. The lowest BCUT2D eigenvalue weighted by molar-refractivity contribution is 0.100. The molecule has 2 aromatic rings. The second-order valence-electron chi connectivity index (χ2n) is 3.71. The van der Waals surface area contributed by atoms with Crippen LogP contribution in [0.25, 0.3) is 11.1 Å². The number of hydrogen-bond acceptors (Lipinski definition) is 2. The third-order valence-corrected chi connectivity index (χ3v) is 2.55. The van der Waals surface area contributed by atoms with Crippen molar-refractivity contribution in [3.05, 3.63) is 59.9 Å². The fraction of sp³-hybridized carbons (Fsp3) is 0.0714. The molecule has 2 N–H and O–H groups in total. The molecule has 0 bridgehead atoms. The maximum atomic E-state index is 13.0. The van der Waals surface area contributed by atoms with Gasteiger partial charge in [-0.3, -0.25) is 4.79 Å². The first-order valence-corrected chi connectivity index (χ1v) is 5.30. The highest BCUT2D eigenvalue weighted by atomic mass is 19.1. The van der Waals surface area contributed by atoms with Crippen molar-refractivity contribution in [2.45, 2.75) is 0 Å². The van der Waals surface area contributed by atoms with Crippen LogP contribution in [0.5, 0.6) is 0 Å². The van der Waals surface area contributed by atoms with Gasteiger partial charge in [0.15, 0.2) is 5.78 Å². The number of hydrogen-bond donors (Lipinski definition) is 1. The van der Waals surface area contributed by atoms with Gasteiger partial charge in [-0.2, -0.15) is 0 Å². The largest absolute Gasteiger partial charge is 0.324 e. The van der Waals surface area contributed by atoms with E-state index >= 15 is 0 Å². The van der Waals surface area contributed by atoms with Gasteiger partial charge in [0.05, 0.1) is 6.54 Å². The first kappa shape index (κ1) is 11.5. The van der Waals surface area contributed by atoms with Crippen molar-refractivity contribution in [3.8, 4) is 11.1 Å². The van der Waals surface area contributed by atoms with E-state index in [1.165, 1.54) is 12.1 Å². The Balaban J connectivity index is 2.32. The molecular formula is C14H12FNO. The molecule has 0 aliphatic carbocycles. The number of Topliss-reactive ketones (excluding diaryl/α,β-unsaturated/α-hetero) is 1. The van der Waals surface area contributed by atoms with Gasteiger partial charge in [-0.1, -0.05) is 36.4 Å². The molecule has 0 radical (unpaired) electrons. The standard InChI is InChI=1S/C14H12FNO/c15-13-3-1-2-12(8-13)10-4-6-11(7-5-10)14(17)9-16/h1-8H,9,16H2. The number of nitrogens with two attached hydrogens (primary N) is 1.